The van der Waals surface area contributed by atoms with Crippen molar-refractivity contribution in [2.75, 3.05) is 0 Å². The minimum absolute atomic E-state index is 0.193. The minimum atomic E-state index is -0.193. The molecule has 1 heterocycles. The summed E-state index contributed by atoms with van der Waals surface area (Å²) in [4.78, 5) is 12.0. The van der Waals surface area contributed by atoms with Crippen LogP contribution in [0.1, 0.15) is 23.0 Å². The van der Waals surface area contributed by atoms with E-state index in [1.165, 1.54) is 0 Å². The Kier molecular flexibility index (Phi) is 4.61. The largest absolute Gasteiger partial charge is 0.346 e. The summed E-state index contributed by atoms with van der Waals surface area (Å²) in [5, 5.41) is 7.49. The van der Waals surface area contributed by atoms with E-state index in [0.717, 1.165) is 16.7 Å². The van der Waals surface area contributed by atoms with Crippen LogP contribution in [0, 0.1) is 0 Å². The van der Waals surface area contributed by atoms with Crippen LogP contribution in [0.2, 0.25) is 5.02 Å². The standard InChI is InChI=1S/C13H13BrClN3O/c1-2-18-12(10(14)7-17-18)8-16-13(19)9-5-3-4-6-11(9)15/h3-7H,2,8H2,1H3,(H,16,19). The van der Waals surface area contributed by atoms with Gasteiger partial charge in [-0.2, -0.15) is 5.10 Å². The summed E-state index contributed by atoms with van der Waals surface area (Å²) in [6.45, 7) is 3.15. The zero-order valence-corrected chi connectivity index (χ0v) is 12.7. The molecule has 0 unspecified atom stereocenters. The van der Waals surface area contributed by atoms with Gasteiger partial charge in [0.05, 0.1) is 33.5 Å². The SMILES string of the molecule is CCn1ncc(Br)c1CNC(=O)c1ccccc1Cl. The molecule has 0 spiro atoms. The highest BCUT2D eigenvalue weighted by atomic mass is 79.9. The summed E-state index contributed by atoms with van der Waals surface area (Å²) in [5.41, 5.74) is 1.41. The summed E-state index contributed by atoms with van der Waals surface area (Å²) in [5.74, 6) is -0.193. The Hall–Kier alpha value is -1.33. The van der Waals surface area contributed by atoms with Crippen molar-refractivity contribution in [2.24, 2.45) is 0 Å². The number of nitrogens with zero attached hydrogens (tertiary/aromatic N) is 2. The van der Waals surface area contributed by atoms with Crippen LogP contribution in [0.25, 0.3) is 0 Å². The first kappa shape index (κ1) is 14.1. The van der Waals surface area contributed by atoms with E-state index in [0.29, 0.717) is 17.1 Å². The molecule has 6 heteroatoms. The van der Waals surface area contributed by atoms with Gasteiger partial charge in [0, 0.05) is 6.54 Å². The molecular formula is C13H13BrClN3O. The normalized spacial score (nSPS) is 10.5. The van der Waals surface area contributed by atoms with Crippen molar-refractivity contribution in [2.45, 2.75) is 20.0 Å². The van der Waals surface area contributed by atoms with Gasteiger partial charge < -0.3 is 5.32 Å². The van der Waals surface area contributed by atoms with Gasteiger partial charge >= 0.3 is 0 Å². The number of halogens is 2. The number of aryl methyl sites for hydroxylation is 1. The number of hydrogen-bond donors (Lipinski definition) is 1. The number of carbonyl (C=O) groups excluding carboxylic acids is 1. The van der Waals surface area contributed by atoms with Gasteiger partial charge in [-0.25, -0.2) is 0 Å². The van der Waals surface area contributed by atoms with Gasteiger partial charge in [-0.1, -0.05) is 23.7 Å². The quantitative estimate of drug-likeness (QED) is 0.927. The fourth-order valence-electron chi connectivity index (χ4n) is 1.74. The van der Waals surface area contributed by atoms with E-state index in [2.05, 4.69) is 26.3 Å². The Morgan fingerprint density at radius 3 is 2.89 bits per heavy atom. The highest BCUT2D eigenvalue weighted by molar-refractivity contribution is 9.10. The minimum Gasteiger partial charge on any atom is -0.346 e. The van der Waals surface area contributed by atoms with Crippen LogP contribution in [0.5, 0.6) is 0 Å². The number of nitrogens with one attached hydrogen (secondary N) is 1. The Morgan fingerprint density at radius 2 is 2.21 bits per heavy atom. The van der Waals surface area contributed by atoms with E-state index in [9.17, 15) is 4.79 Å². The predicted molar refractivity (Wildman–Crippen MR) is 78.2 cm³/mol. The lowest BCUT2D eigenvalue weighted by molar-refractivity contribution is 0.0950. The maximum Gasteiger partial charge on any atom is 0.253 e. The molecule has 4 nitrogen and oxygen atoms in total. The molecule has 0 saturated carbocycles. The molecule has 0 saturated heterocycles. The Bertz CT molecular complexity index is 597. The first-order chi connectivity index (χ1) is 9.13. The highest BCUT2D eigenvalue weighted by Crippen LogP contribution is 2.17. The van der Waals surface area contributed by atoms with Crippen LogP contribution in [-0.2, 0) is 13.1 Å². The lowest BCUT2D eigenvalue weighted by Crippen LogP contribution is -2.24. The van der Waals surface area contributed by atoms with E-state index < -0.39 is 0 Å². The number of amides is 1. The fourth-order valence-corrected chi connectivity index (χ4v) is 2.40. The Balaban J connectivity index is 2.09. The first-order valence-corrected chi connectivity index (χ1v) is 7.03. The zero-order chi connectivity index (χ0) is 13.8. The molecule has 0 aliphatic rings. The van der Waals surface area contributed by atoms with Gasteiger partial charge in [0.1, 0.15) is 0 Å². The van der Waals surface area contributed by atoms with Crippen molar-refractivity contribution >= 4 is 33.4 Å². The van der Waals surface area contributed by atoms with Crippen molar-refractivity contribution in [1.29, 1.82) is 0 Å². The molecule has 2 rings (SSSR count). The molecule has 1 N–H and O–H groups in total. The predicted octanol–water partition coefficient (Wildman–Crippen LogP) is 3.25. The van der Waals surface area contributed by atoms with E-state index in [1.807, 2.05) is 11.6 Å². The molecule has 0 fully saturated rings. The maximum absolute atomic E-state index is 12.0. The molecule has 0 aliphatic carbocycles. The summed E-state index contributed by atoms with van der Waals surface area (Å²) >= 11 is 9.40. The van der Waals surface area contributed by atoms with Gasteiger partial charge in [0.2, 0.25) is 0 Å². The number of carbonyl (C=O) groups is 1. The summed E-state index contributed by atoms with van der Waals surface area (Å²) in [6, 6.07) is 6.97. The molecule has 2 aromatic rings. The average Bonchev–Trinajstić information content (AvgIpc) is 2.77. The Morgan fingerprint density at radius 1 is 1.47 bits per heavy atom. The van der Waals surface area contributed by atoms with Crippen LogP contribution in [0.15, 0.2) is 34.9 Å². The van der Waals surface area contributed by atoms with E-state index >= 15 is 0 Å². The van der Waals surface area contributed by atoms with Crippen molar-refractivity contribution in [3.8, 4) is 0 Å². The fraction of sp³-hybridized carbons (Fsp3) is 0.231. The molecule has 0 atom stereocenters. The second kappa shape index (κ2) is 6.21. The molecule has 0 bridgehead atoms. The summed E-state index contributed by atoms with van der Waals surface area (Å²) in [7, 11) is 0. The molecule has 1 aromatic carbocycles. The first-order valence-electron chi connectivity index (χ1n) is 5.86. The molecule has 1 amide bonds. The maximum atomic E-state index is 12.0. The molecular weight excluding hydrogens is 330 g/mol. The van der Waals surface area contributed by atoms with E-state index in [-0.39, 0.29) is 5.91 Å². The lowest BCUT2D eigenvalue weighted by Gasteiger charge is -2.08. The Labute approximate surface area is 124 Å². The van der Waals surface area contributed by atoms with Crippen LogP contribution >= 0.6 is 27.5 Å². The van der Waals surface area contributed by atoms with Crippen LogP contribution in [0.3, 0.4) is 0 Å². The average molecular weight is 343 g/mol. The van der Waals surface area contributed by atoms with Gasteiger partial charge in [-0.05, 0) is 35.0 Å². The third-order valence-corrected chi connectivity index (χ3v) is 3.72. The second-order valence-electron chi connectivity index (χ2n) is 3.92. The smallest absolute Gasteiger partial charge is 0.253 e. The lowest BCUT2D eigenvalue weighted by atomic mass is 10.2. The number of rotatable bonds is 4. The van der Waals surface area contributed by atoms with Crippen LogP contribution in [-0.4, -0.2) is 15.7 Å². The molecule has 1 aromatic heterocycles. The third kappa shape index (κ3) is 3.16. The van der Waals surface area contributed by atoms with Crippen molar-refractivity contribution in [3.63, 3.8) is 0 Å². The van der Waals surface area contributed by atoms with E-state index in [4.69, 9.17) is 11.6 Å². The topological polar surface area (TPSA) is 46.9 Å². The van der Waals surface area contributed by atoms with Gasteiger partial charge in [0.25, 0.3) is 5.91 Å². The number of hydrogen-bond acceptors (Lipinski definition) is 2. The van der Waals surface area contributed by atoms with Crippen molar-refractivity contribution in [3.05, 3.63) is 51.2 Å². The van der Waals surface area contributed by atoms with Gasteiger partial charge in [-0.15, -0.1) is 0 Å². The highest BCUT2D eigenvalue weighted by Gasteiger charge is 2.12. The van der Waals surface area contributed by atoms with Gasteiger partial charge in [-0.3, -0.25) is 9.48 Å². The summed E-state index contributed by atoms with van der Waals surface area (Å²) in [6.07, 6.45) is 1.72. The van der Waals surface area contributed by atoms with Crippen molar-refractivity contribution < 1.29 is 4.79 Å². The number of benzene rings is 1. The monoisotopic (exact) mass is 341 g/mol. The molecule has 100 valence electrons. The summed E-state index contributed by atoms with van der Waals surface area (Å²) < 4.78 is 2.71. The molecule has 0 aliphatic heterocycles. The van der Waals surface area contributed by atoms with E-state index in [1.54, 1.807) is 30.5 Å². The second-order valence-corrected chi connectivity index (χ2v) is 5.18. The van der Waals surface area contributed by atoms with Gasteiger partial charge in [0.15, 0.2) is 0 Å². The number of aromatic nitrogens is 2. The molecule has 19 heavy (non-hydrogen) atoms. The van der Waals surface area contributed by atoms with Crippen molar-refractivity contribution in [1.82, 2.24) is 15.1 Å². The van der Waals surface area contributed by atoms with Crippen LogP contribution < -0.4 is 5.32 Å². The molecule has 0 radical (unpaired) electrons. The van der Waals surface area contributed by atoms with Crippen LogP contribution in [0.4, 0.5) is 0 Å². The third-order valence-electron chi connectivity index (χ3n) is 2.73. The zero-order valence-electron chi connectivity index (χ0n) is 10.4.